The van der Waals surface area contributed by atoms with Crippen molar-refractivity contribution in [2.75, 3.05) is 0 Å². The van der Waals surface area contributed by atoms with E-state index in [4.69, 9.17) is 5.10 Å². The van der Waals surface area contributed by atoms with Crippen molar-refractivity contribution in [1.82, 2.24) is 9.78 Å². The van der Waals surface area contributed by atoms with Crippen molar-refractivity contribution >= 4 is 0 Å². The Kier molecular flexibility index (Phi) is 3.96. The Morgan fingerprint density at radius 1 is 0.875 bits per heavy atom. The second-order valence-electron chi connectivity index (χ2n) is 7.36. The molecule has 0 aliphatic carbocycles. The minimum absolute atomic E-state index is 0.236. The number of aromatic hydroxyl groups is 1. The highest BCUT2D eigenvalue weighted by molar-refractivity contribution is 5.78. The molecule has 24 heavy (non-hydrogen) atoms. The number of hydrogen-bond acceptors (Lipinski definition) is 2. The molecule has 0 bridgehead atoms. The monoisotopic (exact) mass is 320 g/mol. The van der Waals surface area contributed by atoms with Crippen LogP contribution in [0.5, 0.6) is 5.75 Å². The van der Waals surface area contributed by atoms with Crippen LogP contribution in [0.1, 0.15) is 31.9 Å². The predicted molar refractivity (Wildman–Crippen MR) is 99.2 cm³/mol. The molecule has 0 radical (unpaired) electrons. The van der Waals surface area contributed by atoms with Gasteiger partial charge in [0.25, 0.3) is 0 Å². The fraction of sp³-hybridized carbons (Fsp3) is 0.286. The molecular formula is C21H24N2O. The van der Waals surface area contributed by atoms with Gasteiger partial charge in [-0.1, -0.05) is 53.6 Å². The third-order valence-corrected chi connectivity index (χ3v) is 4.11. The second-order valence-corrected chi connectivity index (χ2v) is 7.36. The largest absolute Gasteiger partial charge is 0.504 e. The molecule has 0 unspecified atom stereocenters. The molecule has 124 valence electrons. The van der Waals surface area contributed by atoms with Gasteiger partial charge in [0.05, 0.1) is 5.54 Å². The summed E-state index contributed by atoms with van der Waals surface area (Å²) in [5.74, 6) is 0.236. The van der Waals surface area contributed by atoms with Crippen LogP contribution < -0.4 is 0 Å². The Morgan fingerprint density at radius 2 is 1.54 bits per heavy atom. The van der Waals surface area contributed by atoms with E-state index >= 15 is 0 Å². The van der Waals surface area contributed by atoms with Crippen molar-refractivity contribution < 1.29 is 5.11 Å². The molecule has 3 heteroatoms. The number of rotatable bonds is 2. The minimum Gasteiger partial charge on any atom is -0.504 e. The van der Waals surface area contributed by atoms with Crippen LogP contribution >= 0.6 is 0 Å². The maximum atomic E-state index is 11.0. The molecule has 3 rings (SSSR count). The van der Waals surface area contributed by atoms with E-state index in [2.05, 4.69) is 46.8 Å². The van der Waals surface area contributed by atoms with Crippen LogP contribution in [0.3, 0.4) is 0 Å². The smallest absolute Gasteiger partial charge is 0.169 e. The van der Waals surface area contributed by atoms with Gasteiger partial charge < -0.3 is 5.11 Å². The quantitative estimate of drug-likeness (QED) is 0.696. The van der Waals surface area contributed by atoms with Crippen LogP contribution in [0.25, 0.3) is 22.5 Å². The molecule has 3 nitrogen and oxygen atoms in total. The predicted octanol–water partition coefficient (Wildman–Crippen LogP) is 5.29. The molecule has 1 aromatic heterocycles. The topological polar surface area (TPSA) is 38.0 Å². The van der Waals surface area contributed by atoms with E-state index in [-0.39, 0.29) is 11.3 Å². The Labute approximate surface area is 143 Å². The number of aryl methyl sites for hydroxylation is 2. The van der Waals surface area contributed by atoms with Gasteiger partial charge in [-0.25, -0.2) is 0 Å². The van der Waals surface area contributed by atoms with E-state index in [1.54, 1.807) is 0 Å². The van der Waals surface area contributed by atoms with Gasteiger partial charge in [-0.2, -0.15) is 5.10 Å². The lowest BCUT2D eigenvalue weighted by Gasteiger charge is -2.22. The number of benzene rings is 2. The zero-order chi connectivity index (χ0) is 17.5. The molecule has 2 aromatic carbocycles. The van der Waals surface area contributed by atoms with Gasteiger partial charge in [-0.3, -0.25) is 4.68 Å². The summed E-state index contributed by atoms with van der Waals surface area (Å²) in [6, 6.07) is 16.3. The Bertz CT molecular complexity index is 868. The lowest BCUT2D eigenvalue weighted by atomic mass is 10.0. The van der Waals surface area contributed by atoms with E-state index in [0.29, 0.717) is 5.69 Å². The Hall–Kier alpha value is -2.55. The van der Waals surface area contributed by atoms with Gasteiger partial charge in [-0.05, 0) is 40.7 Å². The van der Waals surface area contributed by atoms with E-state index in [9.17, 15) is 5.11 Å². The van der Waals surface area contributed by atoms with Crippen LogP contribution in [0.4, 0.5) is 0 Å². The van der Waals surface area contributed by atoms with Crippen molar-refractivity contribution in [3.8, 4) is 28.3 Å². The van der Waals surface area contributed by atoms with Crippen molar-refractivity contribution in [2.24, 2.45) is 0 Å². The first-order valence-electron chi connectivity index (χ1n) is 8.24. The molecule has 0 spiro atoms. The van der Waals surface area contributed by atoms with Gasteiger partial charge in [-0.15, -0.1) is 0 Å². The van der Waals surface area contributed by atoms with Crippen molar-refractivity contribution in [1.29, 1.82) is 0 Å². The third-order valence-electron chi connectivity index (χ3n) is 4.11. The van der Waals surface area contributed by atoms with Crippen LogP contribution in [0.15, 0.2) is 48.5 Å². The van der Waals surface area contributed by atoms with Crippen molar-refractivity contribution in [2.45, 2.75) is 40.2 Å². The summed E-state index contributed by atoms with van der Waals surface area (Å²) in [6.45, 7) is 10.4. The molecule has 0 aliphatic heterocycles. The number of aromatic nitrogens is 2. The van der Waals surface area contributed by atoms with E-state index < -0.39 is 0 Å². The average Bonchev–Trinajstić information content (AvgIpc) is 2.86. The molecule has 0 saturated carbocycles. The fourth-order valence-corrected chi connectivity index (χ4v) is 2.85. The number of hydrogen-bond donors (Lipinski definition) is 1. The Morgan fingerprint density at radius 3 is 2.12 bits per heavy atom. The SMILES string of the molecule is Cc1ccc(-c2nn(C(C)(C)C)c(-c3cccc(C)c3)c2O)cc1. The molecule has 0 amide bonds. The molecule has 3 aromatic rings. The highest BCUT2D eigenvalue weighted by Gasteiger charge is 2.26. The maximum Gasteiger partial charge on any atom is 0.169 e. The summed E-state index contributed by atoms with van der Waals surface area (Å²) in [4.78, 5) is 0. The minimum atomic E-state index is -0.237. The fourth-order valence-electron chi connectivity index (χ4n) is 2.85. The van der Waals surface area contributed by atoms with Gasteiger partial charge in [0, 0.05) is 11.1 Å². The molecule has 1 N–H and O–H groups in total. The molecule has 1 heterocycles. The summed E-state index contributed by atoms with van der Waals surface area (Å²) in [5, 5.41) is 15.7. The van der Waals surface area contributed by atoms with Crippen molar-refractivity contribution in [3.63, 3.8) is 0 Å². The maximum absolute atomic E-state index is 11.0. The first-order chi connectivity index (χ1) is 11.3. The lowest BCUT2D eigenvalue weighted by molar-refractivity contribution is 0.359. The second kappa shape index (κ2) is 5.82. The van der Waals surface area contributed by atoms with Gasteiger partial charge in [0.2, 0.25) is 0 Å². The summed E-state index contributed by atoms with van der Waals surface area (Å²) >= 11 is 0. The zero-order valence-electron chi connectivity index (χ0n) is 15.0. The van der Waals surface area contributed by atoms with E-state index in [0.717, 1.165) is 22.4 Å². The van der Waals surface area contributed by atoms with E-state index in [1.807, 2.05) is 41.1 Å². The summed E-state index contributed by atoms with van der Waals surface area (Å²) < 4.78 is 1.92. The van der Waals surface area contributed by atoms with Gasteiger partial charge in [0.1, 0.15) is 11.4 Å². The van der Waals surface area contributed by atoms with Crippen molar-refractivity contribution in [3.05, 3.63) is 59.7 Å². The lowest BCUT2D eigenvalue weighted by Crippen LogP contribution is -2.24. The summed E-state index contributed by atoms with van der Waals surface area (Å²) in [6.07, 6.45) is 0. The summed E-state index contributed by atoms with van der Waals surface area (Å²) in [7, 11) is 0. The van der Waals surface area contributed by atoms with Crippen LogP contribution in [0, 0.1) is 13.8 Å². The van der Waals surface area contributed by atoms with E-state index in [1.165, 1.54) is 5.56 Å². The zero-order valence-corrected chi connectivity index (χ0v) is 15.0. The van der Waals surface area contributed by atoms with Crippen LogP contribution in [-0.4, -0.2) is 14.9 Å². The summed E-state index contributed by atoms with van der Waals surface area (Å²) in [5.41, 5.74) is 5.41. The Balaban J connectivity index is 2.26. The molecular weight excluding hydrogens is 296 g/mol. The normalized spacial score (nSPS) is 11.7. The highest BCUT2D eigenvalue weighted by Crippen LogP contribution is 2.40. The molecule has 0 aliphatic rings. The standard InChI is InChI=1S/C21H24N2O/c1-14-9-11-16(12-10-14)18-20(24)19(23(22-18)21(3,4)5)17-8-6-7-15(2)13-17/h6-13,24H,1-5H3. The average molecular weight is 320 g/mol. The van der Waals surface area contributed by atoms with Gasteiger partial charge >= 0.3 is 0 Å². The van der Waals surface area contributed by atoms with Crippen LogP contribution in [0.2, 0.25) is 0 Å². The first kappa shape index (κ1) is 16.3. The van der Waals surface area contributed by atoms with Crippen LogP contribution in [-0.2, 0) is 5.54 Å². The number of nitrogens with zero attached hydrogens (tertiary/aromatic N) is 2. The van der Waals surface area contributed by atoms with Gasteiger partial charge in [0.15, 0.2) is 5.75 Å². The molecule has 0 fully saturated rings. The first-order valence-corrected chi connectivity index (χ1v) is 8.24. The molecule has 0 saturated heterocycles. The molecule has 0 atom stereocenters. The highest BCUT2D eigenvalue weighted by atomic mass is 16.3. The third kappa shape index (κ3) is 2.94.